The van der Waals surface area contributed by atoms with E-state index >= 15 is 0 Å². The highest BCUT2D eigenvalue weighted by atomic mass is 13.9. The van der Waals surface area contributed by atoms with Gasteiger partial charge in [-0.3, -0.25) is 0 Å². The van der Waals surface area contributed by atoms with Crippen molar-refractivity contribution in [2.45, 2.75) is 20.8 Å². The van der Waals surface area contributed by atoms with Crippen LogP contribution in [0.25, 0.3) is 11.6 Å². The average molecular weight is 172 g/mol. The van der Waals surface area contributed by atoms with Crippen molar-refractivity contribution < 1.29 is 0 Å². The first kappa shape index (κ1) is 9.79. The zero-order valence-corrected chi connectivity index (χ0v) is 8.54. The summed E-state index contributed by atoms with van der Waals surface area (Å²) in [6.07, 6.45) is 6.26. The fourth-order valence-electron chi connectivity index (χ4n) is 1.30. The van der Waals surface area contributed by atoms with Crippen LogP contribution in [0.2, 0.25) is 0 Å². The summed E-state index contributed by atoms with van der Waals surface area (Å²) < 4.78 is 0. The molecule has 13 heavy (non-hydrogen) atoms. The van der Waals surface area contributed by atoms with Crippen LogP contribution in [0, 0.1) is 0 Å². The van der Waals surface area contributed by atoms with E-state index in [1.165, 1.54) is 16.0 Å². The van der Waals surface area contributed by atoms with Gasteiger partial charge in [0, 0.05) is 0 Å². The van der Waals surface area contributed by atoms with E-state index in [-0.39, 0.29) is 0 Å². The van der Waals surface area contributed by atoms with Gasteiger partial charge in [0.15, 0.2) is 0 Å². The second kappa shape index (κ2) is 4.66. The smallest absolute Gasteiger partial charge is 0.0185 e. The third kappa shape index (κ3) is 2.59. The van der Waals surface area contributed by atoms with Crippen LogP contribution in [0.4, 0.5) is 0 Å². The van der Waals surface area contributed by atoms with E-state index in [1.54, 1.807) is 0 Å². The van der Waals surface area contributed by atoms with Crippen molar-refractivity contribution in [2.24, 2.45) is 0 Å². The zero-order valence-electron chi connectivity index (χ0n) is 8.54. The number of hydrogen-bond donors (Lipinski definition) is 0. The van der Waals surface area contributed by atoms with Crippen molar-refractivity contribution in [1.29, 1.82) is 0 Å². The monoisotopic (exact) mass is 172 g/mol. The molecule has 0 heterocycles. The minimum Gasteiger partial charge on any atom is -0.0876 e. The Hall–Kier alpha value is -1.30. The molecule has 0 N–H and O–H groups in total. The molecule has 0 nitrogen and oxygen atoms in total. The Labute approximate surface area is 79.9 Å². The molecule has 0 unspecified atom stereocenters. The molecule has 1 rings (SSSR count). The lowest BCUT2D eigenvalue weighted by molar-refractivity contribution is 1.44. The topological polar surface area (TPSA) is 0 Å². The maximum atomic E-state index is 2.16. The van der Waals surface area contributed by atoms with Gasteiger partial charge < -0.3 is 0 Å². The van der Waals surface area contributed by atoms with Gasteiger partial charge in [-0.05, 0) is 31.2 Å². The van der Waals surface area contributed by atoms with Crippen LogP contribution in [0.5, 0.6) is 0 Å². The van der Waals surface area contributed by atoms with Gasteiger partial charge in [0.05, 0.1) is 0 Å². The van der Waals surface area contributed by atoms with Crippen LogP contribution in [0.3, 0.4) is 0 Å². The van der Waals surface area contributed by atoms with E-state index < -0.39 is 0 Å². The fourth-order valence-corrected chi connectivity index (χ4v) is 1.30. The minimum absolute atomic E-state index is 1.29. The van der Waals surface area contributed by atoms with Gasteiger partial charge in [0.2, 0.25) is 0 Å². The standard InChI is InChI=1S/C13H16/c1-4-5-8-12-9-6-7-10-13(12)11(2)3/h4-10H,1-3H3/b5-4-,12-8-. The third-order valence-electron chi connectivity index (χ3n) is 1.97. The summed E-state index contributed by atoms with van der Waals surface area (Å²) >= 11 is 0. The molecule has 0 saturated heterocycles. The van der Waals surface area contributed by atoms with Crippen molar-refractivity contribution in [2.75, 3.05) is 0 Å². The maximum absolute atomic E-state index is 2.16. The SMILES string of the molecule is C/C=C\C=c1\ccccc1=C(C)C. The maximum Gasteiger partial charge on any atom is -0.0185 e. The van der Waals surface area contributed by atoms with Crippen LogP contribution in [-0.2, 0) is 0 Å². The third-order valence-corrected chi connectivity index (χ3v) is 1.97. The number of allylic oxidation sites excluding steroid dienone is 2. The fraction of sp³-hybridized carbons (Fsp3) is 0.231. The van der Waals surface area contributed by atoms with E-state index in [2.05, 4.69) is 50.3 Å². The molecule has 0 heteroatoms. The van der Waals surface area contributed by atoms with E-state index in [0.717, 1.165) is 0 Å². The van der Waals surface area contributed by atoms with Crippen LogP contribution >= 0.6 is 0 Å². The molecule has 0 atom stereocenters. The summed E-state index contributed by atoms with van der Waals surface area (Å²) in [7, 11) is 0. The normalized spacial score (nSPS) is 12.4. The van der Waals surface area contributed by atoms with E-state index in [0.29, 0.717) is 0 Å². The van der Waals surface area contributed by atoms with Gasteiger partial charge >= 0.3 is 0 Å². The first-order chi connectivity index (χ1) is 6.25. The first-order valence-corrected chi connectivity index (χ1v) is 4.61. The molecule has 0 aliphatic carbocycles. The predicted molar refractivity (Wildman–Crippen MR) is 59.7 cm³/mol. The minimum atomic E-state index is 1.29. The highest BCUT2D eigenvalue weighted by Crippen LogP contribution is 1.83. The lowest BCUT2D eigenvalue weighted by Crippen LogP contribution is -2.24. The Kier molecular flexibility index (Phi) is 3.51. The molecule has 0 fully saturated rings. The van der Waals surface area contributed by atoms with Crippen molar-refractivity contribution in [1.82, 2.24) is 0 Å². The lowest BCUT2D eigenvalue weighted by Gasteiger charge is -1.92. The molecule has 0 amide bonds. The summed E-state index contributed by atoms with van der Waals surface area (Å²) in [5.74, 6) is 0. The number of benzene rings is 1. The second-order valence-electron chi connectivity index (χ2n) is 3.28. The molecule has 0 aromatic heterocycles. The van der Waals surface area contributed by atoms with Gasteiger partial charge in [-0.25, -0.2) is 0 Å². The molecule has 68 valence electrons. The highest BCUT2D eigenvalue weighted by molar-refractivity contribution is 5.44. The average Bonchev–Trinajstić information content (AvgIpc) is 2.15. The van der Waals surface area contributed by atoms with Crippen molar-refractivity contribution in [3.8, 4) is 0 Å². The van der Waals surface area contributed by atoms with Gasteiger partial charge in [-0.1, -0.05) is 48.1 Å². The predicted octanol–water partition coefficient (Wildman–Crippen LogP) is 2.23. The molecule has 1 aromatic rings. The van der Waals surface area contributed by atoms with E-state index in [9.17, 15) is 0 Å². The number of rotatable bonds is 1. The largest absolute Gasteiger partial charge is 0.0876 e. The van der Waals surface area contributed by atoms with E-state index in [4.69, 9.17) is 0 Å². The Morgan fingerprint density at radius 2 is 1.85 bits per heavy atom. The van der Waals surface area contributed by atoms with Crippen LogP contribution < -0.4 is 10.4 Å². The van der Waals surface area contributed by atoms with Gasteiger partial charge in [0.1, 0.15) is 0 Å². The van der Waals surface area contributed by atoms with Crippen LogP contribution in [0.15, 0.2) is 36.4 Å². The van der Waals surface area contributed by atoms with Gasteiger partial charge in [-0.2, -0.15) is 0 Å². The Morgan fingerprint density at radius 1 is 1.15 bits per heavy atom. The molecule has 0 aliphatic heterocycles. The van der Waals surface area contributed by atoms with Crippen LogP contribution in [-0.4, -0.2) is 0 Å². The summed E-state index contributed by atoms with van der Waals surface area (Å²) in [6.45, 7) is 6.31. The van der Waals surface area contributed by atoms with Gasteiger partial charge in [-0.15, -0.1) is 0 Å². The molecular formula is C13H16. The molecule has 0 bridgehead atoms. The lowest BCUT2D eigenvalue weighted by atomic mass is 10.1. The van der Waals surface area contributed by atoms with Crippen LogP contribution in [0.1, 0.15) is 20.8 Å². The Morgan fingerprint density at radius 3 is 2.46 bits per heavy atom. The van der Waals surface area contributed by atoms with Crippen molar-refractivity contribution in [3.05, 3.63) is 46.9 Å². The summed E-state index contributed by atoms with van der Waals surface area (Å²) in [5.41, 5.74) is 1.36. The van der Waals surface area contributed by atoms with Crippen molar-refractivity contribution in [3.63, 3.8) is 0 Å². The summed E-state index contributed by atoms with van der Waals surface area (Å²) in [5, 5.41) is 2.63. The zero-order chi connectivity index (χ0) is 9.68. The Balaban J connectivity index is 3.47. The molecule has 1 aromatic carbocycles. The molecule has 0 radical (unpaired) electrons. The van der Waals surface area contributed by atoms with E-state index in [1.807, 2.05) is 13.0 Å². The van der Waals surface area contributed by atoms with Crippen molar-refractivity contribution >= 4 is 11.6 Å². The quantitative estimate of drug-likeness (QED) is 0.609. The Bertz CT molecular complexity index is 404. The van der Waals surface area contributed by atoms with Gasteiger partial charge in [0.25, 0.3) is 0 Å². The summed E-state index contributed by atoms with van der Waals surface area (Å²) in [6, 6.07) is 8.45. The molecule has 0 aliphatic rings. The summed E-state index contributed by atoms with van der Waals surface area (Å²) in [4.78, 5) is 0. The number of hydrogen-bond acceptors (Lipinski definition) is 0. The molecular weight excluding hydrogens is 156 g/mol. The molecule has 0 spiro atoms. The highest BCUT2D eigenvalue weighted by Gasteiger charge is 1.84. The second-order valence-corrected chi connectivity index (χ2v) is 3.28. The molecule has 0 saturated carbocycles. The first-order valence-electron chi connectivity index (χ1n) is 4.61.